The lowest BCUT2D eigenvalue weighted by atomic mass is 9.94. The van der Waals surface area contributed by atoms with Gasteiger partial charge in [-0.25, -0.2) is 4.98 Å². The van der Waals surface area contributed by atoms with Crippen LogP contribution < -0.4 is 0 Å². The van der Waals surface area contributed by atoms with Crippen molar-refractivity contribution in [3.8, 4) is 0 Å². The summed E-state index contributed by atoms with van der Waals surface area (Å²) in [5.74, 6) is 0. The van der Waals surface area contributed by atoms with Crippen LogP contribution in [0.25, 0.3) is 0 Å². The number of aliphatic hydroxyl groups is 1. The van der Waals surface area contributed by atoms with Crippen LogP contribution in [0, 0.1) is 0 Å². The molecule has 0 bridgehead atoms. The second-order valence-electron chi connectivity index (χ2n) is 4.59. The van der Waals surface area contributed by atoms with Crippen LogP contribution in [0.2, 0.25) is 0 Å². The molecule has 1 aromatic heterocycles. The second kappa shape index (κ2) is 5.75. The van der Waals surface area contributed by atoms with Crippen molar-refractivity contribution < 1.29 is 5.11 Å². The Hall–Kier alpha value is -0.450. The van der Waals surface area contributed by atoms with E-state index in [1.54, 1.807) is 17.5 Å². The lowest BCUT2D eigenvalue weighted by molar-refractivity contribution is 0.184. The van der Waals surface area contributed by atoms with E-state index in [0.29, 0.717) is 0 Å². The summed E-state index contributed by atoms with van der Waals surface area (Å²) in [5.41, 5.74) is 0. The zero-order chi connectivity index (χ0) is 11.4. The molecule has 1 aliphatic carbocycles. The largest absolute Gasteiger partial charge is 0.391 e. The third-order valence-corrected chi connectivity index (χ3v) is 4.31. The van der Waals surface area contributed by atoms with Gasteiger partial charge in [-0.05, 0) is 19.9 Å². The van der Waals surface area contributed by atoms with Crippen molar-refractivity contribution in [1.29, 1.82) is 0 Å². The number of aliphatic hydroxyl groups excluding tert-OH is 1. The summed E-state index contributed by atoms with van der Waals surface area (Å²) < 4.78 is 0. The number of hydrogen-bond acceptors (Lipinski definition) is 4. The zero-order valence-electron chi connectivity index (χ0n) is 9.85. The number of hydrogen-bond donors (Lipinski definition) is 1. The number of rotatable bonds is 4. The van der Waals surface area contributed by atoms with Crippen LogP contribution in [-0.2, 0) is 13.2 Å². The van der Waals surface area contributed by atoms with E-state index in [4.69, 9.17) is 5.11 Å². The van der Waals surface area contributed by atoms with Gasteiger partial charge in [-0.2, -0.15) is 0 Å². The monoisotopic (exact) mass is 240 g/mol. The van der Waals surface area contributed by atoms with E-state index in [2.05, 4.69) is 16.9 Å². The molecular formula is C12H20N2OS. The molecule has 1 fully saturated rings. The molecule has 1 aromatic rings. The van der Waals surface area contributed by atoms with Crippen LogP contribution in [0.1, 0.15) is 42.0 Å². The lowest BCUT2D eigenvalue weighted by Gasteiger charge is -2.30. The van der Waals surface area contributed by atoms with Gasteiger partial charge in [0.25, 0.3) is 0 Å². The van der Waals surface area contributed by atoms with E-state index in [1.807, 2.05) is 0 Å². The highest BCUT2D eigenvalue weighted by molar-refractivity contribution is 7.11. The summed E-state index contributed by atoms with van der Waals surface area (Å²) in [5, 5.41) is 10.1. The predicted octanol–water partition coefficient (Wildman–Crippen LogP) is 2.40. The molecular weight excluding hydrogens is 220 g/mol. The SMILES string of the molecule is CN(Cc1ncc(CO)s1)C1CCCCC1. The fourth-order valence-electron chi connectivity index (χ4n) is 2.36. The average Bonchev–Trinajstić information content (AvgIpc) is 2.78. The van der Waals surface area contributed by atoms with Crippen LogP contribution in [-0.4, -0.2) is 28.1 Å². The Labute approximate surface area is 101 Å². The summed E-state index contributed by atoms with van der Waals surface area (Å²) in [4.78, 5) is 7.72. The van der Waals surface area contributed by atoms with Crippen molar-refractivity contribution in [3.63, 3.8) is 0 Å². The summed E-state index contributed by atoms with van der Waals surface area (Å²) in [6.07, 6.45) is 8.58. The Morgan fingerprint density at radius 3 is 2.81 bits per heavy atom. The molecule has 2 rings (SSSR count). The first-order chi connectivity index (χ1) is 7.79. The molecule has 4 heteroatoms. The molecule has 90 valence electrons. The molecule has 0 aromatic carbocycles. The highest BCUT2D eigenvalue weighted by atomic mass is 32.1. The van der Waals surface area contributed by atoms with E-state index >= 15 is 0 Å². The Morgan fingerprint density at radius 2 is 2.19 bits per heavy atom. The molecule has 1 N–H and O–H groups in total. The Morgan fingerprint density at radius 1 is 1.44 bits per heavy atom. The molecule has 0 atom stereocenters. The van der Waals surface area contributed by atoms with Gasteiger partial charge < -0.3 is 5.11 Å². The first kappa shape index (κ1) is 12.0. The van der Waals surface area contributed by atoms with E-state index < -0.39 is 0 Å². The normalized spacial score (nSPS) is 18.2. The Bertz CT molecular complexity index is 321. The Balaban J connectivity index is 1.87. The van der Waals surface area contributed by atoms with Crippen molar-refractivity contribution in [2.75, 3.05) is 7.05 Å². The average molecular weight is 240 g/mol. The fraction of sp³-hybridized carbons (Fsp3) is 0.750. The molecule has 0 amide bonds. The third-order valence-electron chi connectivity index (χ3n) is 3.34. The maximum atomic E-state index is 8.99. The first-order valence-corrected chi connectivity index (χ1v) is 6.86. The highest BCUT2D eigenvalue weighted by Gasteiger charge is 2.18. The minimum absolute atomic E-state index is 0.116. The van der Waals surface area contributed by atoms with Gasteiger partial charge in [0.15, 0.2) is 0 Å². The molecule has 1 aliphatic rings. The van der Waals surface area contributed by atoms with E-state index in [1.165, 1.54) is 32.1 Å². The molecule has 1 heterocycles. The van der Waals surface area contributed by atoms with Crippen molar-refractivity contribution in [2.45, 2.75) is 51.3 Å². The van der Waals surface area contributed by atoms with Crippen LogP contribution in [0.4, 0.5) is 0 Å². The smallest absolute Gasteiger partial charge is 0.107 e. The van der Waals surface area contributed by atoms with Crippen LogP contribution in [0.15, 0.2) is 6.20 Å². The van der Waals surface area contributed by atoms with Crippen LogP contribution in [0.3, 0.4) is 0 Å². The first-order valence-electron chi connectivity index (χ1n) is 6.04. The van der Waals surface area contributed by atoms with Gasteiger partial charge in [0.2, 0.25) is 0 Å². The summed E-state index contributed by atoms with van der Waals surface area (Å²) in [6.45, 7) is 1.04. The van der Waals surface area contributed by atoms with Crippen molar-refractivity contribution in [1.82, 2.24) is 9.88 Å². The van der Waals surface area contributed by atoms with Crippen LogP contribution >= 0.6 is 11.3 Å². The zero-order valence-corrected chi connectivity index (χ0v) is 10.7. The van der Waals surface area contributed by atoms with Gasteiger partial charge in [-0.1, -0.05) is 19.3 Å². The maximum Gasteiger partial charge on any atom is 0.107 e. The number of thiazole rings is 1. The highest BCUT2D eigenvalue weighted by Crippen LogP contribution is 2.23. The molecule has 0 aliphatic heterocycles. The van der Waals surface area contributed by atoms with E-state index in [0.717, 1.165) is 22.5 Å². The molecule has 1 saturated carbocycles. The predicted molar refractivity (Wildman–Crippen MR) is 66.4 cm³/mol. The van der Waals surface area contributed by atoms with Gasteiger partial charge in [0, 0.05) is 12.2 Å². The van der Waals surface area contributed by atoms with Gasteiger partial charge in [-0.3, -0.25) is 4.90 Å². The molecule has 0 spiro atoms. The fourth-order valence-corrected chi connectivity index (χ4v) is 3.20. The molecule has 0 radical (unpaired) electrons. The maximum absolute atomic E-state index is 8.99. The van der Waals surface area contributed by atoms with Gasteiger partial charge in [0.1, 0.15) is 5.01 Å². The molecule has 16 heavy (non-hydrogen) atoms. The van der Waals surface area contributed by atoms with Gasteiger partial charge >= 0.3 is 0 Å². The number of nitrogens with zero attached hydrogens (tertiary/aromatic N) is 2. The van der Waals surface area contributed by atoms with Crippen molar-refractivity contribution in [2.24, 2.45) is 0 Å². The topological polar surface area (TPSA) is 36.4 Å². The van der Waals surface area contributed by atoms with Gasteiger partial charge in [-0.15, -0.1) is 11.3 Å². The summed E-state index contributed by atoms with van der Waals surface area (Å²) in [7, 11) is 2.19. The molecule has 0 saturated heterocycles. The van der Waals surface area contributed by atoms with E-state index in [-0.39, 0.29) is 6.61 Å². The quantitative estimate of drug-likeness (QED) is 0.878. The minimum atomic E-state index is 0.116. The number of aromatic nitrogens is 1. The summed E-state index contributed by atoms with van der Waals surface area (Å²) >= 11 is 1.62. The standard InChI is InChI=1S/C12H20N2OS/c1-14(10-5-3-2-4-6-10)8-12-13-7-11(9-15)16-12/h7,10,15H,2-6,8-9H2,1H3. The second-order valence-corrected chi connectivity index (χ2v) is 5.79. The summed E-state index contributed by atoms with van der Waals surface area (Å²) in [6, 6.07) is 0.732. The minimum Gasteiger partial charge on any atom is -0.391 e. The molecule has 3 nitrogen and oxygen atoms in total. The van der Waals surface area contributed by atoms with Crippen molar-refractivity contribution in [3.05, 3.63) is 16.1 Å². The Kier molecular flexibility index (Phi) is 4.32. The van der Waals surface area contributed by atoms with Crippen molar-refractivity contribution >= 4 is 11.3 Å². The molecule has 0 unspecified atom stereocenters. The lowest BCUT2D eigenvalue weighted by Crippen LogP contribution is -2.32. The van der Waals surface area contributed by atoms with E-state index in [9.17, 15) is 0 Å². The third kappa shape index (κ3) is 3.03. The van der Waals surface area contributed by atoms with Gasteiger partial charge in [0.05, 0.1) is 18.0 Å². The van der Waals surface area contributed by atoms with Crippen LogP contribution in [0.5, 0.6) is 0 Å².